The van der Waals surface area contributed by atoms with E-state index < -0.39 is 9.84 Å². The number of rotatable bonds is 2. The highest BCUT2D eigenvalue weighted by atomic mass is 127. The first-order valence-electron chi connectivity index (χ1n) is 6.00. The van der Waals surface area contributed by atoms with Crippen LogP contribution in [0.5, 0.6) is 0 Å². The van der Waals surface area contributed by atoms with E-state index in [1.807, 2.05) is 6.07 Å². The van der Waals surface area contributed by atoms with Gasteiger partial charge in [0.25, 0.3) is 0 Å². The lowest BCUT2D eigenvalue weighted by molar-refractivity contribution is 0.602. The summed E-state index contributed by atoms with van der Waals surface area (Å²) in [4.78, 5) is 7.83. The molecule has 7 heteroatoms. The number of para-hydroxylation sites is 1. The van der Waals surface area contributed by atoms with Crippen molar-refractivity contribution in [1.82, 2.24) is 9.97 Å². The fourth-order valence-electron chi connectivity index (χ4n) is 2.11. The number of fused-ring (bicyclic) bond motifs is 1. The molecule has 0 amide bonds. The van der Waals surface area contributed by atoms with Gasteiger partial charge in [0.15, 0.2) is 9.84 Å². The van der Waals surface area contributed by atoms with Gasteiger partial charge in [0.05, 0.1) is 10.4 Å². The number of nitrogens with one attached hydrogen (secondary N) is 1. The molecule has 0 aliphatic rings. The molecule has 3 aromatic rings. The fraction of sp³-hybridized carbons (Fsp3) is 0.0714. The SMILES string of the molecule is CS(=O)(=O)c1cccc2[nH]c(-c3cc(Cl)ccc3I)nc12. The van der Waals surface area contributed by atoms with Crippen LogP contribution in [0.2, 0.25) is 5.02 Å². The van der Waals surface area contributed by atoms with Crippen molar-refractivity contribution in [2.24, 2.45) is 0 Å². The van der Waals surface area contributed by atoms with Gasteiger partial charge in [-0.3, -0.25) is 0 Å². The number of hydrogen-bond donors (Lipinski definition) is 1. The quantitative estimate of drug-likeness (QED) is 0.625. The normalized spacial score (nSPS) is 12.0. The molecule has 0 bridgehead atoms. The highest BCUT2D eigenvalue weighted by molar-refractivity contribution is 14.1. The fourth-order valence-corrected chi connectivity index (χ4v) is 3.71. The Morgan fingerprint density at radius 3 is 2.71 bits per heavy atom. The number of hydrogen-bond acceptors (Lipinski definition) is 3. The molecule has 21 heavy (non-hydrogen) atoms. The van der Waals surface area contributed by atoms with Crippen LogP contribution < -0.4 is 0 Å². The number of aromatic nitrogens is 2. The molecule has 108 valence electrons. The third kappa shape index (κ3) is 2.79. The molecule has 1 aromatic heterocycles. The maximum atomic E-state index is 11.8. The molecule has 0 aliphatic carbocycles. The Balaban J connectivity index is 2.30. The molecule has 0 radical (unpaired) electrons. The van der Waals surface area contributed by atoms with Crippen molar-refractivity contribution < 1.29 is 8.42 Å². The summed E-state index contributed by atoms with van der Waals surface area (Å²) in [5.74, 6) is 0.605. The zero-order chi connectivity index (χ0) is 15.2. The van der Waals surface area contributed by atoms with Gasteiger partial charge in [0.1, 0.15) is 11.3 Å². The van der Waals surface area contributed by atoms with Crippen LogP contribution in [0.25, 0.3) is 22.4 Å². The van der Waals surface area contributed by atoms with Gasteiger partial charge in [-0.25, -0.2) is 13.4 Å². The van der Waals surface area contributed by atoms with E-state index in [9.17, 15) is 8.42 Å². The minimum Gasteiger partial charge on any atom is -0.338 e. The molecule has 1 heterocycles. The van der Waals surface area contributed by atoms with Crippen LogP contribution in [0.1, 0.15) is 0 Å². The maximum Gasteiger partial charge on any atom is 0.177 e. The zero-order valence-corrected chi connectivity index (χ0v) is 14.6. The summed E-state index contributed by atoms with van der Waals surface area (Å²) < 4.78 is 24.7. The number of imidazole rings is 1. The van der Waals surface area contributed by atoms with Crippen molar-refractivity contribution >= 4 is 55.1 Å². The number of aromatic amines is 1. The topological polar surface area (TPSA) is 62.8 Å². The lowest BCUT2D eigenvalue weighted by Gasteiger charge is -2.01. The molecule has 0 saturated heterocycles. The van der Waals surface area contributed by atoms with Crippen molar-refractivity contribution in [3.63, 3.8) is 0 Å². The van der Waals surface area contributed by atoms with E-state index >= 15 is 0 Å². The van der Waals surface area contributed by atoms with Crippen LogP contribution in [0.15, 0.2) is 41.3 Å². The Kier molecular flexibility index (Phi) is 3.71. The molecule has 0 spiro atoms. The Morgan fingerprint density at radius 1 is 1.24 bits per heavy atom. The van der Waals surface area contributed by atoms with E-state index in [4.69, 9.17) is 11.6 Å². The number of halogens is 2. The van der Waals surface area contributed by atoms with Crippen LogP contribution in [0, 0.1) is 3.57 Å². The predicted octanol–water partition coefficient (Wildman–Crippen LogP) is 3.89. The van der Waals surface area contributed by atoms with Crippen LogP contribution in [0.3, 0.4) is 0 Å². The summed E-state index contributed by atoms with van der Waals surface area (Å²) in [5, 5.41) is 0.606. The first kappa shape index (κ1) is 14.8. The third-order valence-electron chi connectivity index (χ3n) is 3.06. The number of benzene rings is 2. The highest BCUT2D eigenvalue weighted by Crippen LogP contribution is 2.29. The summed E-state index contributed by atoms with van der Waals surface area (Å²) in [5.41, 5.74) is 1.98. The van der Waals surface area contributed by atoms with Crippen LogP contribution >= 0.6 is 34.2 Å². The van der Waals surface area contributed by atoms with Crippen molar-refractivity contribution in [3.8, 4) is 11.4 Å². The predicted molar refractivity (Wildman–Crippen MR) is 92.4 cm³/mol. The summed E-state index contributed by atoms with van der Waals surface area (Å²) in [6.07, 6.45) is 1.18. The minimum absolute atomic E-state index is 0.222. The second-order valence-electron chi connectivity index (χ2n) is 4.63. The number of sulfone groups is 1. The standard InChI is InChI=1S/C14H10ClIN2O2S/c1-21(19,20)12-4-2-3-11-13(12)18-14(17-11)9-7-8(15)5-6-10(9)16/h2-7H,1H3,(H,17,18). The van der Waals surface area contributed by atoms with E-state index in [-0.39, 0.29) is 4.90 Å². The van der Waals surface area contributed by atoms with E-state index in [1.165, 1.54) is 6.26 Å². The minimum atomic E-state index is -3.33. The Labute approximate surface area is 140 Å². The van der Waals surface area contributed by atoms with Crippen molar-refractivity contribution in [3.05, 3.63) is 45.0 Å². The molecule has 0 aliphatic heterocycles. The molecular formula is C14H10ClIN2O2S. The summed E-state index contributed by atoms with van der Waals surface area (Å²) >= 11 is 8.22. The molecule has 1 N–H and O–H groups in total. The van der Waals surface area contributed by atoms with Gasteiger partial charge < -0.3 is 4.98 Å². The largest absolute Gasteiger partial charge is 0.338 e. The maximum absolute atomic E-state index is 11.8. The second-order valence-corrected chi connectivity index (χ2v) is 8.22. The number of nitrogens with zero attached hydrogens (tertiary/aromatic N) is 1. The van der Waals surface area contributed by atoms with E-state index in [0.29, 0.717) is 21.9 Å². The summed E-state index contributed by atoms with van der Waals surface area (Å²) in [6.45, 7) is 0. The molecule has 3 rings (SSSR count). The third-order valence-corrected chi connectivity index (χ3v) is 5.36. The average Bonchev–Trinajstić information content (AvgIpc) is 2.83. The van der Waals surface area contributed by atoms with Gasteiger partial charge in [-0.05, 0) is 52.9 Å². The van der Waals surface area contributed by atoms with Crippen molar-refractivity contribution in [2.75, 3.05) is 6.26 Å². The smallest absolute Gasteiger partial charge is 0.177 e. The highest BCUT2D eigenvalue weighted by Gasteiger charge is 2.16. The van der Waals surface area contributed by atoms with Gasteiger partial charge in [-0.1, -0.05) is 17.7 Å². The van der Waals surface area contributed by atoms with Crippen LogP contribution in [0.4, 0.5) is 0 Å². The Bertz CT molecular complexity index is 951. The summed E-state index contributed by atoms with van der Waals surface area (Å²) in [6, 6.07) is 10.6. The van der Waals surface area contributed by atoms with Gasteiger partial charge in [0, 0.05) is 20.4 Å². The second kappa shape index (κ2) is 5.26. The van der Waals surface area contributed by atoms with Crippen molar-refractivity contribution in [1.29, 1.82) is 0 Å². The lowest BCUT2D eigenvalue weighted by atomic mass is 10.2. The molecule has 0 fully saturated rings. The lowest BCUT2D eigenvalue weighted by Crippen LogP contribution is -1.97. The first-order chi connectivity index (χ1) is 9.86. The monoisotopic (exact) mass is 432 g/mol. The van der Waals surface area contributed by atoms with Gasteiger partial charge in [0.2, 0.25) is 0 Å². The zero-order valence-electron chi connectivity index (χ0n) is 10.9. The van der Waals surface area contributed by atoms with Crippen LogP contribution in [-0.4, -0.2) is 24.6 Å². The van der Waals surface area contributed by atoms with Gasteiger partial charge in [-0.15, -0.1) is 0 Å². The summed E-state index contributed by atoms with van der Waals surface area (Å²) in [7, 11) is -3.33. The average molecular weight is 433 g/mol. The first-order valence-corrected chi connectivity index (χ1v) is 9.35. The van der Waals surface area contributed by atoms with Crippen LogP contribution in [-0.2, 0) is 9.84 Å². The van der Waals surface area contributed by atoms with Gasteiger partial charge >= 0.3 is 0 Å². The van der Waals surface area contributed by atoms with E-state index in [2.05, 4.69) is 32.6 Å². The molecule has 2 aromatic carbocycles. The molecule has 0 atom stereocenters. The Hall–Kier alpha value is -1.12. The van der Waals surface area contributed by atoms with Crippen molar-refractivity contribution in [2.45, 2.75) is 4.90 Å². The number of H-pyrrole nitrogens is 1. The van der Waals surface area contributed by atoms with E-state index in [1.54, 1.807) is 30.3 Å². The van der Waals surface area contributed by atoms with Gasteiger partial charge in [-0.2, -0.15) is 0 Å². The molecule has 0 unspecified atom stereocenters. The molecular weight excluding hydrogens is 423 g/mol. The molecule has 0 saturated carbocycles. The Morgan fingerprint density at radius 2 is 2.00 bits per heavy atom. The van der Waals surface area contributed by atoms with E-state index in [0.717, 1.165) is 9.13 Å². The molecule has 4 nitrogen and oxygen atoms in total.